The van der Waals surface area contributed by atoms with Gasteiger partial charge in [0.1, 0.15) is 0 Å². The minimum absolute atomic E-state index is 0.0847. The lowest BCUT2D eigenvalue weighted by atomic mass is 9.98. The molecule has 2 heterocycles. The molecule has 1 aromatic heterocycles. The zero-order chi connectivity index (χ0) is 31.8. The van der Waals surface area contributed by atoms with Crippen molar-refractivity contribution in [3.63, 3.8) is 0 Å². The fourth-order valence-electron chi connectivity index (χ4n) is 5.10. The Bertz CT molecular complexity index is 1780. The number of amides is 2. The summed E-state index contributed by atoms with van der Waals surface area (Å²) in [6, 6.07) is 14.8. The van der Waals surface area contributed by atoms with Crippen LogP contribution in [0.3, 0.4) is 0 Å². The van der Waals surface area contributed by atoms with E-state index in [4.69, 9.17) is 23.2 Å². The lowest BCUT2D eigenvalue weighted by Gasteiger charge is -2.35. The summed E-state index contributed by atoms with van der Waals surface area (Å²) in [5, 5.41) is 5.42. The van der Waals surface area contributed by atoms with E-state index >= 15 is 0 Å². The zero-order valence-corrected chi connectivity index (χ0v) is 25.0. The first-order valence-electron chi connectivity index (χ1n) is 13.5. The number of rotatable bonds is 6. The second-order valence-corrected chi connectivity index (χ2v) is 11.1. The summed E-state index contributed by atoms with van der Waals surface area (Å²) in [7, 11) is 1.47. The number of hydrogen-bond donors (Lipinski definition) is 2. The number of alkyl halides is 3. The molecule has 0 saturated carbocycles. The van der Waals surface area contributed by atoms with Gasteiger partial charge >= 0.3 is 6.18 Å². The van der Waals surface area contributed by atoms with Crippen LogP contribution in [-0.4, -0.2) is 45.5 Å². The number of carbonyl (C=O) groups excluding carboxylic acids is 2. The van der Waals surface area contributed by atoms with Crippen LogP contribution in [0.4, 0.5) is 19.1 Å². The van der Waals surface area contributed by atoms with E-state index in [1.165, 1.54) is 78.7 Å². The molecule has 4 aromatic rings. The molecule has 1 aliphatic heterocycles. The monoisotopic (exact) mass is 643 g/mol. The number of anilines is 1. The molecular weight excluding hydrogens is 618 g/mol. The van der Waals surface area contributed by atoms with Gasteiger partial charge in [-0.25, -0.2) is 9.55 Å². The maximum atomic E-state index is 14.4. The topological polar surface area (TPSA) is 96.3 Å². The summed E-state index contributed by atoms with van der Waals surface area (Å²) in [5.74, 6) is -1.14. The number of fused-ring (bicyclic) bond motifs is 1. The molecule has 1 aliphatic rings. The number of nitrogens with one attached hydrogen (secondary N) is 2. The average Bonchev–Trinajstić information content (AvgIpc) is 3.00. The number of nitrogens with zero attached hydrogens (tertiary/aromatic N) is 3. The summed E-state index contributed by atoms with van der Waals surface area (Å²) < 4.78 is 44.3. The Labute approximate surface area is 260 Å². The molecule has 228 valence electrons. The van der Waals surface area contributed by atoms with Crippen molar-refractivity contribution >= 4 is 41.0 Å². The van der Waals surface area contributed by atoms with Gasteiger partial charge in [-0.2, -0.15) is 13.2 Å². The number of aromatic nitrogens is 2. The molecule has 2 atom stereocenters. The highest BCUT2D eigenvalue weighted by molar-refractivity contribution is 6.42. The predicted octanol–water partition coefficient (Wildman–Crippen LogP) is 6.20. The van der Waals surface area contributed by atoms with Crippen molar-refractivity contribution in [3.05, 3.63) is 121 Å². The first-order valence-corrected chi connectivity index (χ1v) is 14.3. The number of hydrogen-bond acceptors (Lipinski definition) is 5. The van der Waals surface area contributed by atoms with Crippen LogP contribution in [0.15, 0.2) is 77.6 Å². The third-order valence-corrected chi connectivity index (χ3v) is 8.13. The van der Waals surface area contributed by atoms with Gasteiger partial charge in [-0.3, -0.25) is 14.4 Å². The molecule has 0 unspecified atom stereocenters. The van der Waals surface area contributed by atoms with Gasteiger partial charge in [0.15, 0.2) is 6.04 Å². The Balaban J connectivity index is 1.63. The third-order valence-electron chi connectivity index (χ3n) is 7.39. The van der Waals surface area contributed by atoms with Gasteiger partial charge in [0.2, 0.25) is 5.95 Å². The highest BCUT2D eigenvalue weighted by Gasteiger charge is 2.42. The van der Waals surface area contributed by atoms with E-state index in [1.54, 1.807) is 13.0 Å². The van der Waals surface area contributed by atoms with Crippen LogP contribution < -0.4 is 16.2 Å². The second kappa shape index (κ2) is 12.3. The molecular formula is C31H26Cl2F3N5O3. The van der Waals surface area contributed by atoms with Crippen LogP contribution >= 0.6 is 23.2 Å². The highest BCUT2D eigenvalue weighted by Crippen LogP contribution is 2.36. The van der Waals surface area contributed by atoms with Crippen LogP contribution in [0.25, 0.3) is 5.69 Å². The van der Waals surface area contributed by atoms with Gasteiger partial charge in [0.05, 0.1) is 28.0 Å². The van der Waals surface area contributed by atoms with Crippen molar-refractivity contribution in [3.8, 4) is 5.69 Å². The van der Waals surface area contributed by atoms with Crippen molar-refractivity contribution in [2.45, 2.75) is 38.1 Å². The normalized spacial score (nSPS) is 15.3. The molecule has 0 spiro atoms. The Morgan fingerprint density at radius 3 is 2.25 bits per heavy atom. The van der Waals surface area contributed by atoms with Gasteiger partial charge in [-0.15, -0.1) is 0 Å². The van der Waals surface area contributed by atoms with Crippen molar-refractivity contribution in [2.75, 3.05) is 12.4 Å². The van der Waals surface area contributed by atoms with Gasteiger partial charge in [0, 0.05) is 29.8 Å². The van der Waals surface area contributed by atoms with Crippen molar-refractivity contribution in [1.82, 2.24) is 19.8 Å². The smallest absolute Gasteiger partial charge is 0.355 e. The summed E-state index contributed by atoms with van der Waals surface area (Å²) in [5.41, 5.74) is 0.518. The minimum Gasteiger partial charge on any atom is -0.355 e. The van der Waals surface area contributed by atoms with E-state index in [9.17, 15) is 27.6 Å². The molecule has 3 aromatic carbocycles. The molecule has 0 aliphatic carbocycles. The Kier molecular flexibility index (Phi) is 8.71. The minimum atomic E-state index is -4.76. The SMILES string of the molecule is CNC(=O)c1ccc(-n2c(N[C@H](c3ccccc3)C(F)(F)F)nc3c(c2=O)C[C@@H](C)N(C(=O)c2ccc(Cl)c(Cl)c2)C3)cc1. The summed E-state index contributed by atoms with van der Waals surface area (Å²) in [6.07, 6.45) is -4.65. The van der Waals surface area contributed by atoms with E-state index in [2.05, 4.69) is 15.6 Å². The molecule has 2 N–H and O–H groups in total. The Morgan fingerprint density at radius 1 is 0.977 bits per heavy atom. The standard InChI is InChI=1S/C31H26Cl2F3N5O3/c1-17-14-22-25(16-40(17)28(43)20-10-13-23(32)24(33)15-20)38-30(39-26(31(34,35)36)18-6-4-3-5-7-18)41(29(22)44)21-11-8-19(9-12-21)27(42)37-2/h3-13,15,17,26H,14,16H2,1-2H3,(H,37,42)(H,38,39)/t17-,26-/m1/s1. The third kappa shape index (κ3) is 6.15. The molecule has 5 rings (SSSR count). The molecule has 0 fully saturated rings. The van der Waals surface area contributed by atoms with Crippen molar-refractivity contribution in [2.24, 2.45) is 0 Å². The van der Waals surface area contributed by atoms with E-state index in [-0.39, 0.29) is 62.9 Å². The molecule has 0 saturated heterocycles. The van der Waals surface area contributed by atoms with Gasteiger partial charge in [-0.05, 0) is 61.4 Å². The maximum Gasteiger partial charge on any atom is 0.412 e. The van der Waals surface area contributed by atoms with Crippen LogP contribution in [0.2, 0.25) is 10.0 Å². The summed E-state index contributed by atoms with van der Waals surface area (Å²) >= 11 is 12.1. The fourth-order valence-corrected chi connectivity index (χ4v) is 5.39. The van der Waals surface area contributed by atoms with Crippen molar-refractivity contribution in [1.29, 1.82) is 0 Å². The van der Waals surface area contributed by atoms with Crippen LogP contribution in [0.5, 0.6) is 0 Å². The lowest BCUT2D eigenvalue weighted by Crippen LogP contribution is -2.46. The summed E-state index contributed by atoms with van der Waals surface area (Å²) in [6.45, 7) is 1.64. The largest absolute Gasteiger partial charge is 0.412 e. The number of carbonyl (C=O) groups is 2. The predicted molar refractivity (Wildman–Crippen MR) is 162 cm³/mol. The first-order chi connectivity index (χ1) is 20.9. The molecule has 44 heavy (non-hydrogen) atoms. The second-order valence-electron chi connectivity index (χ2n) is 10.3. The molecule has 0 bridgehead atoms. The van der Waals surface area contributed by atoms with E-state index in [1.807, 2.05) is 0 Å². The molecule has 2 amide bonds. The zero-order valence-electron chi connectivity index (χ0n) is 23.5. The quantitative estimate of drug-likeness (QED) is 0.261. The highest BCUT2D eigenvalue weighted by atomic mass is 35.5. The number of halogens is 5. The van der Waals surface area contributed by atoms with Crippen molar-refractivity contribution < 1.29 is 22.8 Å². The van der Waals surface area contributed by atoms with E-state index in [0.29, 0.717) is 5.56 Å². The van der Waals surface area contributed by atoms with Gasteiger partial charge in [-0.1, -0.05) is 53.5 Å². The summed E-state index contributed by atoms with van der Waals surface area (Å²) in [4.78, 5) is 45.6. The maximum absolute atomic E-state index is 14.4. The van der Waals surface area contributed by atoms with E-state index in [0.717, 1.165) is 4.57 Å². The van der Waals surface area contributed by atoms with Crippen LogP contribution in [0.1, 0.15) is 50.5 Å². The average molecular weight is 644 g/mol. The van der Waals surface area contributed by atoms with Crippen LogP contribution in [-0.2, 0) is 13.0 Å². The van der Waals surface area contributed by atoms with E-state index < -0.39 is 29.7 Å². The first kappa shape index (κ1) is 31.1. The number of benzene rings is 3. The lowest BCUT2D eigenvalue weighted by molar-refractivity contribution is -0.144. The molecule has 0 radical (unpaired) electrons. The van der Waals surface area contributed by atoms with Gasteiger partial charge in [0.25, 0.3) is 17.4 Å². The Hall–Kier alpha value is -4.35. The molecule has 8 nitrogen and oxygen atoms in total. The van der Waals surface area contributed by atoms with Crippen LogP contribution in [0, 0.1) is 0 Å². The van der Waals surface area contributed by atoms with Gasteiger partial charge < -0.3 is 15.5 Å². The molecule has 13 heteroatoms. The Morgan fingerprint density at radius 2 is 1.64 bits per heavy atom. The fraction of sp³-hybridized carbons (Fsp3) is 0.226.